The second-order valence-electron chi connectivity index (χ2n) is 3.26. The maximum absolute atomic E-state index is 8.74. The summed E-state index contributed by atoms with van der Waals surface area (Å²) in [7, 11) is 0. The Kier molecular flexibility index (Phi) is 8.51. The third kappa shape index (κ3) is 7.76. The maximum Gasteiger partial charge on any atom is 0.0456 e. The molecule has 0 aromatic rings. The molecule has 0 bridgehead atoms. The summed E-state index contributed by atoms with van der Waals surface area (Å²) < 4.78 is 0. The van der Waals surface area contributed by atoms with Crippen molar-refractivity contribution in [1.82, 2.24) is 5.32 Å². The molecule has 0 aliphatic heterocycles. The SMILES string of the molecule is C=CCCNCCCC(C)CO. The molecule has 1 unspecified atom stereocenters. The van der Waals surface area contributed by atoms with Gasteiger partial charge in [0, 0.05) is 6.61 Å². The number of nitrogens with one attached hydrogen (secondary N) is 1. The molecule has 2 N–H and O–H groups in total. The van der Waals surface area contributed by atoms with Crippen molar-refractivity contribution < 1.29 is 5.11 Å². The number of aliphatic hydroxyl groups excluding tert-OH is 1. The number of hydrogen-bond donors (Lipinski definition) is 2. The van der Waals surface area contributed by atoms with Gasteiger partial charge < -0.3 is 10.4 Å². The molecule has 0 aromatic heterocycles. The molecular formula is C10H21NO. The summed E-state index contributed by atoms with van der Waals surface area (Å²) in [5.74, 6) is 0.450. The quantitative estimate of drug-likeness (QED) is 0.429. The van der Waals surface area contributed by atoms with Crippen LogP contribution in [0.4, 0.5) is 0 Å². The molecule has 0 aliphatic carbocycles. The van der Waals surface area contributed by atoms with E-state index in [2.05, 4.69) is 18.8 Å². The van der Waals surface area contributed by atoms with Crippen molar-refractivity contribution in [2.45, 2.75) is 26.2 Å². The van der Waals surface area contributed by atoms with E-state index in [0.29, 0.717) is 12.5 Å². The van der Waals surface area contributed by atoms with Crippen molar-refractivity contribution >= 4 is 0 Å². The van der Waals surface area contributed by atoms with Crippen LogP contribution in [0.15, 0.2) is 12.7 Å². The molecule has 72 valence electrons. The standard InChI is InChI=1S/C10H21NO/c1-3-4-7-11-8-5-6-10(2)9-12/h3,10-12H,1,4-9H2,2H3. The molecule has 0 saturated heterocycles. The Morgan fingerprint density at radius 2 is 2.25 bits per heavy atom. The molecule has 12 heavy (non-hydrogen) atoms. The van der Waals surface area contributed by atoms with E-state index in [4.69, 9.17) is 5.11 Å². The van der Waals surface area contributed by atoms with Crippen LogP contribution in [0.1, 0.15) is 26.2 Å². The van der Waals surface area contributed by atoms with Gasteiger partial charge in [-0.1, -0.05) is 13.0 Å². The monoisotopic (exact) mass is 171 g/mol. The highest BCUT2D eigenvalue weighted by molar-refractivity contribution is 4.67. The van der Waals surface area contributed by atoms with Crippen LogP contribution in [-0.2, 0) is 0 Å². The second-order valence-corrected chi connectivity index (χ2v) is 3.26. The van der Waals surface area contributed by atoms with Crippen molar-refractivity contribution in [3.63, 3.8) is 0 Å². The van der Waals surface area contributed by atoms with Crippen LogP contribution in [0, 0.1) is 5.92 Å². The molecule has 2 nitrogen and oxygen atoms in total. The minimum atomic E-state index is 0.312. The van der Waals surface area contributed by atoms with Crippen LogP contribution in [0.5, 0.6) is 0 Å². The lowest BCUT2D eigenvalue weighted by molar-refractivity contribution is 0.228. The van der Waals surface area contributed by atoms with Gasteiger partial charge in [0.05, 0.1) is 0 Å². The Morgan fingerprint density at radius 1 is 1.50 bits per heavy atom. The molecule has 0 aromatic carbocycles. The van der Waals surface area contributed by atoms with Crippen LogP contribution in [0.2, 0.25) is 0 Å². The van der Waals surface area contributed by atoms with Gasteiger partial charge in [-0.3, -0.25) is 0 Å². The molecule has 0 rings (SSSR count). The van der Waals surface area contributed by atoms with Crippen LogP contribution in [-0.4, -0.2) is 24.8 Å². The van der Waals surface area contributed by atoms with Gasteiger partial charge in [-0.15, -0.1) is 6.58 Å². The van der Waals surface area contributed by atoms with Gasteiger partial charge in [-0.05, 0) is 38.3 Å². The molecule has 1 atom stereocenters. The molecular weight excluding hydrogens is 150 g/mol. The Morgan fingerprint density at radius 3 is 2.83 bits per heavy atom. The topological polar surface area (TPSA) is 32.3 Å². The summed E-state index contributed by atoms with van der Waals surface area (Å²) in [4.78, 5) is 0. The number of rotatable bonds is 8. The normalized spacial score (nSPS) is 12.8. The fourth-order valence-corrected chi connectivity index (χ4v) is 0.996. The lowest BCUT2D eigenvalue weighted by Gasteiger charge is -2.07. The average molecular weight is 171 g/mol. The predicted octanol–water partition coefficient (Wildman–Crippen LogP) is 1.56. The summed E-state index contributed by atoms with van der Waals surface area (Å²) in [6.45, 7) is 8.11. The zero-order valence-electron chi connectivity index (χ0n) is 8.05. The van der Waals surface area contributed by atoms with Crippen LogP contribution >= 0.6 is 0 Å². The van der Waals surface area contributed by atoms with E-state index in [1.807, 2.05) is 6.08 Å². The third-order valence-corrected chi connectivity index (χ3v) is 1.89. The Labute approximate surface area is 75.7 Å². The smallest absolute Gasteiger partial charge is 0.0456 e. The molecule has 0 saturated carbocycles. The van der Waals surface area contributed by atoms with E-state index in [-0.39, 0.29) is 0 Å². The first-order chi connectivity index (χ1) is 5.81. The van der Waals surface area contributed by atoms with E-state index in [0.717, 1.165) is 32.4 Å². The van der Waals surface area contributed by atoms with Gasteiger partial charge in [0.2, 0.25) is 0 Å². The average Bonchev–Trinajstić information content (AvgIpc) is 2.10. The van der Waals surface area contributed by atoms with Crippen LogP contribution in [0.25, 0.3) is 0 Å². The lowest BCUT2D eigenvalue weighted by atomic mass is 10.1. The summed E-state index contributed by atoms with van der Waals surface area (Å²) in [6.07, 6.45) is 5.22. The molecule has 0 heterocycles. The summed E-state index contributed by atoms with van der Waals surface area (Å²) in [5.41, 5.74) is 0. The van der Waals surface area contributed by atoms with E-state index < -0.39 is 0 Å². The fraction of sp³-hybridized carbons (Fsp3) is 0.800. The van der Waals surface area contributed by atoms with Gasteiger partial charge in [0.1, 0.15) is 0 Å². The minimum absolute atomic E-state index is 0.312. The largest absolute Gasteiger partial charge is 0.396 e. The predicted molar refractivity (Wildman–Crippen MR) is 53.2 cm³/mol. The summed E-state index contributed by atoms with van der Waals surface area (Å²) in [5, 5.41) is 12.1. The summed E-state index contributed by atoms with van der Waals surface area (Å²) >= 11 is 0. The van der Waals surface area contributed by atoms with E-state index >= 15 is 0 Å². The number of hydrogen-bond acceptors (Lipinski definition) is 2. The Hall–Kier alpha value is -0.340. The Bertz CT molecular complexity index is 104. The van der Waals surface area contributed by atoms with Crippen molar-refractivity contribution in [2.75, 3.05) is 19.7 Å². The van der Waals surface area contributed by atoms with Crippen LogP contribution < -0.4 is 5.32 Å². The molecule has 2 heteroatoms. The van der Waals surface area contributed by atoms with Crippen molar-refractivity contribution in [3.05, 3.63) is 12.7 Å². The van der Waals surface area contributed by atoms with E-state index in [1.54, 1.807) is 0 Å². The van der Waals surface area contributed by atoms with Gasteiger partial charge in [0.15, 0.2) is 0 Å². The first-order valence-electron chi connectivity index (χ1n) is 4.73. The Balaban J connectivity index is 2.95. The van der Waals surface area contributed by atoms with E-state index in [1.165, 1.54) is 0 Å². The zero-order chi connectivity index (χ0) is 9.23. The van der Waals surface area contributed by atoms with Gasteiger partial charge >= 0.3 is 0 Å². The van der Waals surface area contributed by atoms with Crippen molar-refractivity contribution in [2.24, 2.45) is 5.92 Å². The van der Waals surface area contributed by atoms with Crippen molar-refractivity contribution in [3.8, 4) is 0 Å². The fourth-order valence-electron chi connectivity index (χ4n) is 0.996. The van der Waals surface area contributed by atoms with Crippen molar-refractivity contribution in [1.29, 1.82) is 0 Å². The zero-order valence-corrected chi connectivity index (χ0v) is 8.05. The minimum Gasteiger partial charge on any atom is -0.396 e. The highest BCUT2D eigenvalue weighted by atomic mass is 16.3. The molecule has 0 amide bonds. The summed E-state index contributed by atoms with van der Waals surface area (Å²) in [6, 6.07) is 0. The van der Waals surface area contributed by atoms with E-state index in [9.17, 15) is 0 Å². The molecule has 0 spiro atoms. The van der Waals surface area contributed by atoms with Gasteiger partial charge in [0.25, 0.3) is 0 Å². The molecule has 0 aliphatic rings. The maximum atomic E-state index is 8.74. The second kappa shape index (κ2) is 8.75. The van der Waals surface area contributed by atoms with Crippen LogP contribution in [0.3, 0.4) is 0 Å². The molecule has 0 radical (unpaired) electrons. The highest BCUT2D eigenvalue weighted by Crippen LogP contribution is 2.02. The molecule has 0 fully saturated rings. The number of aliphatic hydroxyl groups is 1. The third-order valence-electron chi connectivity index (χ3n) is 1.89. The highest BCUT2D eigenvalue weighted by Gasteiger charge is 1.97. The first kappa shape index (κ1) is 11.7. The first-order valence-corrected chi connectivity index (χ1v) is 4.73. The van der Waals surface area contributed by atoms with Gasteiger partial charge in [-0.25, -0.2) is 0 Å². The van der Waals surface area contributed by atoms with Gasteiger partial charge in [-0.2, -0.15) is 0 Å². The lowest BCUT2D eigenvalue weighted by Crippen LogP contribution is -2.17.